The molecule has 0 radical (unpaired) electrons. The average Bonchev–Trinajstić information content (AvgIpc) is 2.34. The minimum atomic E-state index is -0.156. The topological polar surface area (TPSA) is 49.4 Å². The lowest BCUT2D eigenvalue weighted by molar-refractivity contribution is -0.132. The molecule has 0 bridgehead atoms. The van der Waals surface area contributed by atoms with Gasteiger partial charge in [0.1, 0.15) is 0 Å². The van der Waals surface area contributed by atoms with Crippen LogP contribution in [0.25, 0.3) is 0 Å². The maximum absolute atomic E-state index is 11.9. The van der Waals surface area contributed by atoms with Gasteiger partial charge in [-0.05, 0) is 31.0 Å². The van der Waals surface area contributed by atoms with Crippen molar-refractivity contribution in [2.75, 3.05) is 18.4 Å². The van der Waals surface area contributed by atoms with E-state index >= 15 is 0 Å². The first-order valence-corrected chi connectivity index (χ1v) is 6.65. The normalized spacial score (nSPS) is 10.1. The molecule has 0 heterocycles. The Morgan fingerprint density at radius 3 is 2.63 bits per heavy atom. The number of hydrogen-bond acceptors (Lipinski definition) is 2. The highest BCUT2D eigenvalue weighted by Crippen LogP contribution is 2.09. The fraction of sp³-hybridized carbons (Fsp3) is 0.467. The number of carbonyl (C=O) groups is 2. The first-order chi connectivity index (χ1) is 9.02. The second-order valence-electron chi connectivity index (χ2n) is 4.71. The number of benzene rings is 1. The fourth-order valence-corrected chi connectivity index (χ4v) is 1.79. The summed E-state index contributed by atoms with van der Waals surface area (Å²) >= 11 is 0. The molecule has 1 aromatic rings. The van der Waals surface area contributed by atoms with E-state index in [2.05, 4.69) is 12.2 Å². The largest absolute Gasteiger partial charge is 0.334 e. The Bertz CT molecular complexity index is 444. The summed E-state index contributed by atoms with van der Waals surface area (Å²) in [6.45, 7) is 6.27. The minimum absolute atomic E-state index is 0.0622. The summed E-state index contributed by atoms with van der Waals surface area (Å²) < 4.78 is 0. The van der Waals surface area contributed by atoms with E-state index in [1.54, 1.807) is 4.90 Å². The standard InChI is InChI=1S/C15H22N2O2/c1-4-5-9-17(13(3)18)11-15(19)16-14-8-6-7-12(2)10-14/h6-8,10H,4-5,9,11H2,1-3H3,(H,16,19). The summed E-state index contributed by atoms with van der Waals surface area (Å²) in [5.41, 5.74) is 1.86. The zero-order chi connectivity index (χ0) is 14.3. The number of anilines is 1. The highest BCUT2D eigenvalue weighted by atomic mass is 16.2. The van der Waals surface area contributed by atoms with Crippen LogP contribution in [0.4, 0.5) is 5.69 Å². The van der Waals surface area contributed by atoms with Gasteiger partial charge in [-0.15, -0.1) is 0 Å². The van der Waals surface area contributed by atoms with Gasteiger partial charge in [0.15, 0.2) is 0 Å². The van der Waals surface area contributed by atoms with Crippen molar-refractivity contribution >= 4 is 17.5 Å². The van der Waals surface area contributed by atoms with Crippen molar-refractivity contribution in [1.82, 2.24) is 4.90 Å². The van der Waals surface area contributed by atoms with E-state index in [0.29, 0.717) is 6.54 Å². The maximum Gasteiger partial charge on any atom is 0.243 e. The zero-order valence-corrected chi connectivity index (χ0v) is 11.9. The van der Waals surface area contributed by atoms with Crippen molar-refractivity contribution in [2.45, 2.75) is 33.6 Å². The molecule has 4 heteroatoms. The smallest absolute Gasteiger partial charge is 0.243 e. The van der Waals surface area contributed by atoms with Crippen LogP contribution in [0.5, 0.6) is 0 Å². The summed E-state index contributed by atoms with van der Waals surface area (Å²) in [7, 11) is 0. The van der Waals surface area contributed by atoms with E-state index in [1.165, 1.54) is 6.92 Å². The van der Waals surface area contributed by atoms with Gasteiger partial charge in [-0.25, -0.2) is 0 Å². The number of nitrogens with zero attached hydrogens (tertiary/aromatic N) is 1. The van der Waals surface area contributed by atoms with Crippen LogP contribution in [0.2, 0.25) is 0 Å². The Kier molecular flexibility index (Phi) is 6.06. The van der Waals surface area contributed by atoms with Crippen LogP contribution in [0.3, 0.4) is 0 Å². The number of amides is 2. The third-order valence-corrected chi connectivity index (χ3v) is 2.86. The van der Waals surface area contributed by atoms with Crippen LogP contribution >= 0.6 is 0 Å². The van der Waals surface area contributed by atoms with Crippen molar-refractivity contribution < 1.29 is 9.59 Å². The molecule has 2 amide bonds. The molecule has 0 atom stereocenters. The van der Waals surface area contributed by atoms with Crippen LogP contribution < -0.4 is 5.32 Å². The minimum Gasteiger partial charge on any atom is -0.334 e. The zero-order valence-electron chi connectivity index (χ0n) is 11.9. The lowest BCUT2D eigenvalue weighted by Gasteiger charge is -2.20. The van der Waals surface area contributed by atoms with Gasteiger partial charge in [0.25, 0.3) is 0 Å². The quantitative estimate of drug-likeness (QED) is 0.856. The molecule has 0 aromatic heterocycles. The van der Waals surface area contributed by atoms with Crippen LogP contribution in [0, 0.1) is 6.92 Å². The first-order valence-electron chi connectivity index (χ1n) is 6.65. The molecule has 0 spiro atoms. The van der Waals surface area contributed by atoms with Gasteiger partial charge in [0.2, 0.25) is 11.8 Å². The fourth-order valence-electron chi connectivity index (χ4n) is 1.79. The molecular formula is C15H22N2O2. The monoisotopic (exact) mass is 262 g/mol. The number of carbonyl (C=O) groups excluding carboxylic acids is 2. The van der Waals surface area contributed by atoms with E-state index in [4.69, 9.17) is 0 Å². The Morgan fingerprint density at radius 1 is 1.32 bits per heavy atom. The number of nitrogens with one attached hydrogen (secondary N) is 1. The van der Waals surface area contributed by atoms with Crippen molar-refractivity contribution in [3.05, 3.63) is 29.8 Å². The van der Waals surface area contributed by atoms with Crippen molar-refractivity contribution in [3.63, 3.8) is 0 Å². The van der Waals surface area contributed by atoms with E-state index in [0.717, 1.165) is 24.1 Å². The molecular weight excluding hydrogens is 240 g/mol. The first kappa shape index (κ1) is 15.2. The molecule has 0 fully saturated rings. The van der Waals surface area contributed by atoms with Crippen molar-refractivity contribution in [3.8, 4) is 0 Å². The van der Waals surface area contributed by atoms with Gasteiger partial charge in [-0.1, -0.05) is 25.5 Å². The summed E-state index contributed by atoms with van der Waals surface area (Å²) in [6.07, 6.45) is 1.92. The molecule has 1 N–H and O–H groups in total. The van der Waals surface area contributed by atoms with Crippen LogP contribution in [0.1, 0.15) is 32.3 Å². The van der Waals surface area contributed by atoms with Gasteiger partial charge >= 0.3 is 0 Å². The van der Waals surface area contributed by atoms with E-state index in [1.807, 2.05) is 31.2 Å². The Hall–Kier alpha value is -1.84. The summed E-state index contributed by atoms with van der Waals surface area (Å²) in [5, 5.41) is 2.81. The van der Waals surface area contributed by atoms with Gasteiger partial charge in [-0.2, -0.15) is 0 Å². The molecule has 1 aromatic carbocycles. The predicted molar refractivity (Wildman–Crippen MR) is 77.0 cm³/mol. The van der Waals surface area contributed by atoms with E-state index in [-0.39, 0.29) is 18.4 Å². The lowest BCUT2D eigenvalue weighted by atomic mass is 10.2. The number of aryl methyl sites for hydroxylation is 1. The molecule has 0 aliphatic heterocycles. The Balaban J connectivity index is 2.55. The molecule has 4 nitrogen and oxygen atoms in total. The molecule has 104 valence electrons. The second-order valence-corrected chi connectivity index (χ2v) is 4.71. The molecule has 0 saturated heterocycles. The van der Waals surface area contributed by atoms with Crippen molar-refractivity contribution in [1.29, 1.82) is 0 Å². The van der Waals surface area contributed by atoms with E-state index in [9.17, 15) is 9.59 Å². The second kappa shape index (κ2) is 7.56. The Labute approximate surface area is 114 Å². The molecule has 0 saturated carbocycles. The molecule has 0 unspecified atom stereocenters. The number of hydrogen-bond donors (Lipinski definition) is 1. The highest BCUT2D eigenvalue weighted by Gasteiger charge is 2.12. The SMILES string of the molecule is CCCCN(CC(=O)Nc1cccc(C)c1)C(C)=O. The number of rotatable bonds is 6. The van der Waals surface area contributed by atoms with Gasteiger partial charge < -0.3 is 10.2 Å². The molecule has 19 heavy (non-hydrogen) atoms. The summed E-state index contributed by atoms with van der Waals surface area (Å²) in [4.78, 5) is 24.9. The van der Waals surface area contributed by atoms with Gasteiger partial charge in [0, 0.05) is 19.2 Å². The van der Waals surface area contributed by atoms with Crippen LogP contribution in [-0.2, 0) is 9.59 Å². The van der Waals surface area contributed by atoms with Crippen LogP contribution in [-0.4, -0.2) is 29.8 Å². The van der Waals surface area contributed by atoms with Crippen molar-refractivity contribution in [2.24, 2.45) is 0 Å². The lowest BCUT2D eigenvalue weighted by Crippen LogP contribution is -2.37. The third kappa shape index (κ3) is 5.55. The summed E-state index contributed by atoms with van der Waals surface area (Å²) in [5.74, 6) is -0.218. The average molecular weight is 262 g/mol. The predicted octanol–water partition coefficient (Wildman–Crippen LogP) is 2.58. The molecule has 1 rings (SSSR count). The number of unbranched alkanes of at least 4 members (excludes halogenated alkanes) is 1. The van der Waals surface area contributed by atoms with E-state index < -0.39 is 0 Å². The van der Waals surface area contributed by atoms with Gasteiger partial charge in [0.05, 0.1) is 6.54 Å². The third-order valence-electron chi connectivity index (χ3n) is 2.86. The maximum atomic E-state index is 11.9. The van der Waals surface area contributed by atoms with Gasteiger partial charge in [-0.3, -0.25) is 9.59 Å². The Morgan fingerprint density at radius 2 is 2.05 bits per heavy atom. The molecule has 0 aliphatic rings. The highest BCUT2D eigenvalue weighted by molar-refractivity contribution is 5.94. The molecule has 0 aliphatic carbocycles. The summed E-state index contributed by atoms with van der Waals surface area (Å²) in [6, 6.07) is 7.61. The van der Waals surface area contributed by atoms with Crippen LogP contribution in [0.15, 0.2) is 24.3 Å².